The van der Waals surface area contributed by atoms with E-state index in [1.807, 2.05) is 19.1 Å². The molecule has 1 atom stereocenters. The molecular formula is C15H18BrNO4. The number of aliphatic carboxylic acids is 1. The van der Waals surface area contributed by atoms with Crippen molar-refractivity contribution in [1.82, 2.24) is 4.90 Å². The van der Waals surface area contributed by atoms with Crippen molar-refractivity contribution in [3.63, 3.8) is 0 Å². The fourth-order valence-corrected chi connectivity index (χ4v) is 3.04. The van der Waals surface area contributed by atoms with Gasteiger partial charge in [-0.1, -0.05) is 6.07 Å². The first-order valence-electron chi connectivity index (χ1n) is 6.90. The molecular weight excluding hydrogens is 338 g/mol. The van der Waals surface area contributed by atoms with E-state index in [9.17, 15) is 14.7 Å². The SMILES string of the molecule is Cc1ccc(OCC(=O)N2CCCC[C@@H]2C(=O)O)c(Br)c1. The van der Waals surface area contributed by atoms with Gasteiger partial charge in [0.2, 0.25) is 0 Å². The van der Waals surface area contributed by atoms with Gasteiger partial charge in [0.25, 0.3) is 5.91 Å². The summed E-state index contributed by atoms with van der Waals surface area (Å²) in [5.74, 6) is -0.646. The number of halogens is 1. The van der Waals surface area contributed by atoms with E-state index in [2.05, 4.69) is 15.9 Å². The molecule has 114 valence electrons. The molecule has 1 fully saturated rings. The van der Waals surface area contributed by atoms with E-state index in [-0.39, 0.29) is 12.5 Å². The lowest BCUT2D eigenvalue weighted by molar-refractivity contribution is -0.152. The zero-order chi connectivity index (χ0) is 15.4. The molecule has 0 unspecified atom stereocenters. The van der Waals surface area contributed by atoms with Gasteiger partial charge in [-0.15, -0.1) is 0 Å². The van der Waals surface area contributed by atoms with Crippen molar-refractivity contribution in [2.24, 2.45) is 0 Å². The number of nitrogens with zero attached hydrogens (tertiary/aromatic N) is 1. The van der Waals surface area contributed by atoms with Crippen LogP contribution in [0.5, 0.6) is 5.75 Å². The predicted molar refractivity (Wildman–Crippen MR) is 81.4 cm³/mol. The molecule has 1 aliphatic heterocycles. The largest absolute Gasteiger partial charge is 0.483 e. The zero-order valence-corrected chi connectivity index (χ0v) is 13.4. The molecule has 0 spiro atoms. The van der Waals surface area contributed by atoms with Gasteiger partial charge in [0.05, 0.1) is 4.47 Å². The number of benzene rings is 1. The lowest BCUT2D eigenvalue weighted by Crippen LogP contribution is -2.49. The Bertz CT molecular complexity index is 546. The first-order chi connectivity index (χ1) is 9.99. The van der Waals surface area contributed by atoms with Crippen LogP contribution in [0, 0.1) is 6.92 Å². The number of piperidine rings is 1. The minimum absolute atomic E-state index is 0.147. The Hall–Kier alpha value is -1.56. The van der Waals surface area contributed by atoms with Gasteiger partial charge >= 0.3 is 5.97 Å². The number of amides is 1. The molecule has 1 aromatic rings. The first-order valence-corrected chi connectivity index (χ1v) is 7.69. The molecule has 1 N–H and O–H groups in total. The van der Waals surface area contributed by atoms with Gasteiger partial charge in [-0.3, -0.25) is 4.79 Å². The molecule has 1 heterocycles. The van der Waals surface area contributed by atoms with E-state index in [1.165, 1.54) is 4.90 Å². The number of carboxylic acids is 1. The number of likely N-dealkylation sites (tertiary alicyclic amines) is 1. The number of carboxylic acid groups (broad SMARTS) is 1. The summed E-state index contributed by atoms with van der Waals surface area (Å²) in [4.78, 5) is 24.8. The lowest BCUT2D eigenvalue weighted by atomic mass is 10.0. The number of carbonyl (C=O) groups is 2. The smallest absolute Gasteiger partial charge is 0.326 e. The second-order valence-corrected chi connectivity index (χ2v) is 6.01. The van der Waals surface area contributed by atoms with Crippen LogP contribution in [-0.4, -0.2) is 41.1 Å². The van der Waals surface area contributed by atoms with Crippen molar-refractivity contribution in [3.8, 4) is 5.75 Å². The summed E-state index contributed by atoms with van der Waals surface area (Å²) >= 11 is 3.38. The fraction of sp³-hybridized carbons (Fsp3) is 0.467. The Kier molecular flexibility index (Phi) is 5.22. The molecule has 0 bridgehead atoms. The Balaban J connectivity index is 1.98. The van der Waals surface area contributed by atoms with Crippen LogP contribution in [-0.2, 0) is 9.59 Å². The van der Waals surface area contributed by atoms with Gasteiger partial charge in [0.15, 0.2) is 6.61 Å². The molecule has 0 aromatic heterocycles. The fourth-order valence-electron chi connectivity index (χ4n) is 2.43. The zero-order valence-electron chi connectivity index (χ0n) is 11.8. The van der Waals surface area contributed by atoms with Crippen LogP contribution in [0.3, 0.4) is 0 Å². The average molecular weight is 356 g/mol. The number of rotatable bonds is 4. The third kappa shape index (κ3) is 3.97. The normalized spacial score (nSPS) is 18.4. The quantitative estimate of drug-likeness (QED) is 0.901. The van der Waals surface area contributed by atoms with E-state index >= 15 is 0 Å². The van der Waals surface area contributed by atoms with E-state index in [0.717, 1.165) is 22.9 Å². The predicted octanol–water partition coefficient (Wildman–Crippen LogP) is 2.60. The van der Waals surface area contributed by atoms with Crippen LogP contribution < -0.4 is 4.74 Å². The number of hydrogen-bond acceptors (Lipinski definition) is 3. The molecule has 0 aliphatic carbocycles. The van der Waals surface area contributed by atoms with Crippen molar-refractivity contribution in [2.75, 3.05) is 13.2 Å². The molecule has 1 amide bonds. The summed E-state index contributed by atoms with van der Waals surface area (Å²) in [5.41, 5.74) is 1.09. The van der Waals surface area contributed by atoms with E-state index in [0.29, 0.717) is 18.7 Å². The van der Waals surface area contributed by atoms with Crippen LogP contribution in [0.15, 0.2) is 22.7 Å². The number of aryl methyl sites for hydroxylation is 1. The highest BCUT2D eigenvalue weighted by atomic mass is 79.9. The van der Waals surface area contributed by atoms with Crippen molar-refractivity contribution in [2.45, 2.75) is 32.2 Å². The number of ether oxygens (including phenoxy) is 1. The molecule has 21 heavy (non-hydrogen) atoms. The van der Waals surface area contributed by atoms with E-state index in [1.54, 1.807) is 6.07 Å². The molecule has 1 saturated heterocycles. The second-order valence-electron chi connectivity index (χ2n) is 5.16. The molecule has 6 heteroatoms. The number of hydrogen-bond donors (Lipinski definition) is 1. The molecule has 2 rings (SSSR count). The van der Waals surface area contributed by atoms with Crippen molar-refractivity contribution < 1.29 is 19.4 Å². The van der Waals surface area contributed by atoms with Gasteiger partial charge in [-0.25, -0.2) is 4.79 Å². The summed E-state index contributed by atoms with van der Waals surface area (Å²) < 4.78 is 6.29. The van der Waals surface area contributed by atoms with E-state index in [4.69, 9.17) is 4.74 Å². The molecule has 0 saturated carbocycles. The minimum atomic E-state index is -0.945. The maximum atomic E-state index is 12.2. The molecule has 1 aromatic carbocycles. The number of carbonyl (C=O) groups excluding carboxylic acids is 1. The summed E-state index contributed by atoms with van der Waals surface area (Å²) in [5, 5.41) is 9.18. The van der Waals surface area contributed by atoms with Crippen molar-refractivity contribution >= 4 is 27.8 Å². The monoisotopic (exact) mass is 355 g/mol. The highest BCUT2D eigenvalue weighted by Crippen LogP contribution is 2.26. The Morgan fingerprint density at radius 3 is 2.86 bits per heavy atom. The van der Waals surface area contributed by atoms with Gasteiger partial charge < -0.3 is 14.7 Å². The minimum Gasteiger partial charge on any atom is -0.483 e. The highest BCUT2D eigenvalue weighted by Gasteiger charge is 2.31. The highest BCUT2D eigenvalue weighted by molar-refractivity contribution is 9.10. The van der Waals surface area contributed by atoms with Gasteiger partial charge in [-0.2, -0.15) is 0 Å². The Labute approximate surface area is 132 Å². The van der Waals surface area contributed by atoms with E-state index < -0.39 is 12.0 Å². The average Bonchev–Trinajstić information content (AvgIpc) is 2.46. The van der Waals surface area contributed by atoms with Gasteiger partial charge in [0, 0.05) is 6.54 Å². The van der Waals surface area contributed by atoms with Crippen LogP contribution in [0.25, 0.3) is 0 Å². The molecule has 1 aliphatic rings. The lowest BCUT2D eigenvalue weighted by Gasteiger charge is -2.32. The summed E-state index contributed by atoms with van der Waals surface area (Å²) in [6.45, 7) is 2.30. The third-order valence-corrected chi connectivity index (χ3v) is 4.17. The summed E-state index contributed by atoms with van der Waals surface area (Å²) in [7, 11) is 0. The van der Waals surface area contributed by atoms with Crippen LogP contribution in [0.4, 0.5) is 0 Å². The van der Waals surface area contributed by atoms with Crippen molar-refractivity contribution in [3.05, 3.63) is 28.2 Å². The topological polar surface area (TPSA) is 66.8 Å². The Morgan fingerprint density at radius 2 is 2.19 bits per heavy atom. The molecule has 5 nitrogen and oxygen atoms in total. The van der Waals surface area contributed by atoms with Crippen LogP contribution in [0.1, 0.15) is 24.8 Å². The van der Waals surface area contributed by atoms with Gasteiger partial charge in [-0.05, 0) is 59.8 Å². The first kappa shape index (κ1) is 15.8. The second kappa shape index (κ2) is 6.93. The van der Waals surface area contributed by atoms with Crippen LogP contribution >= 0.6 is 15.9 Å². The standard InChI is InChI=1S/C15H18BrNO4/c1-10-5-6-13(11(16)8-10)21-9-14(18)17-7-3-2-4-12(17)15(19)20/h5-6,8,12H,2-4,7,9H2,1H3,(H,19,20)/t12-/m1/s1. The maximum absolute atomic E-state index is 12.2. The Morgan fingerprint density at radius 1 is 1.43 bits per heavy atom. The van der Waals surface area contributed by atoms with Crippen LogP contribution in [0.2, 0.25) is 0 Å². The summed E-state index contributed by atoms with van der Waals surface area (Å²) in [6.07, 6.45) is 2.18. The third-order valence-electron chi connectivity index (χ3n) is 3.55. The van der Waals surface area contributed by atoms with Gasteiger partial charge in [0.1, 0.15) is 11.8 Å². The van der Waals surface area contributed by atoms with Crippen molar-refractivity contribution in [1.29, 1.82) is 0 Å². The summed E-state index contributed by atoms with van der Waals surface area (Å²) in [6, 6.07) is 4.86. The maximum Gasteiger partial charge on any atom is 0.326 e. The molecule has 0 radical (unpaired) electrons.